The van der Waals surface area contributed by atoms with Gasteiger partial charge < -0.3 is 4.74 Å². The summed E-state index contributed by atoms with van der Waals surface area (Å²) in [5.74, 6) is 0.688. The van der Waals surface area contributed by atoms with Crippen molar-refractivity contribution in [3.8, 4) is 5.75 Å². The number of benzene rings is 3. The molecular formula is C20H20ClNO3S. The molecule has 0 atom stereocenters. The van der Waals surface area contributed by atoms with Gasteiger partial charge in [-0.2, -0.15) is 0 Å². The highest BCUT2D eigenvalue weighted by molar-refractivity contribution is 7.89. The van der Waals surface area contributed by atoms with Crippen LogP contribution in [0.2, 0.25) is 5.02 Å². The van der Waals surface area contributed by atoms with Gasteiger partial charge in [-0.3, -0.25) is 0 Å². The molecule has 0 aliphatic rings. The van der Waals surface area contributed by atoms with E-state index in [0.717, 1.165) is 17.4 Å². The van der Waals surface area contributed by atoms with Gasteiger partial charge in [0.1, 0.15) is 5.75 Å². The van der Waals surface area contributed by atoms with E-state index >= 15 is 0 Å². The molecule has 0 bridgehead atoms. The van der Waals surface area contributed by atoms with Crippen LogP contribution >= 0.6 is 11.6 Å². The lowest BCUT2D eigenvalue weighted by Gasteiger charge is -2.13. The highest BCUT2D eigenvalue weighted by Gasteiger charge is 2.19. The Morgan fingerprint density at radius 3 is 2.38 bits per heavy atom. The zero-order chi connectivity index (χ0) is 18.6. The minimum Gasteiger partial charge on any atom is -0.493 e. The average molecular weight is 390 g/mol. The Bertz CT molecular complexity index is 1020. The standard InChI is InChI=1S/C20H20ClNO3S/c1-2-13-25-19-11-12-20(17-9-5-4-8-16(17)19)26(23,24)22-14-15-7-3-6-10-18(15)21/h3-12,22H,2,13-14H2,1H3. The van der Waals surface area contributed by atoms with Gasteiger partial charge in [-0.1, -0.05) is 61.0 Å². The van der Waals surface area contributed by atoms with Crippen LogP contribution in [-0.2, 0) is 16.6 Å². The van der Waals surface area contributed by atoms with E-state index in [0.29, 0.717) is 22.8 Å². The molecule has 0 aromatic heterocycles. The molecule has 136 valence electrons. The van der Waals surface area contributed by atoms with Gasteiger partial charge in [0.2, 0.25) is 10.0 Å². The molecule has 0 saturated heterocycles. The van der Waals surface area contributed by atoms with Crippen molar-refractivity contribution in [2.24, 2.45) is 0 Å². The largest absolute Gasteiger partial charge is 0.493 e. The molecule has 3 aromatic carbocycles. The summed E-state index contributed by atoms with van der Waals surface area (Å²) in [6, 6.07) is 17.8. The number of rotatable bonds is 7. The van der Waals surface area contributed by atoms with Crippen LogP contribution in [0.5, 0.6) is 5.75 Å². The Morgan fingerprint density at radius 2 is 1.65 bits per heavy atom. The molecule has 6 heteroatoms. The number of hydrogen-bond donors (Lipinski definition) is 1. The molecular weight excluding hydrogens is 370 g/mol. The number of hydrogen-bond acceptors (Lipinski definition) is 3. The van der Waals surface area contributed by atoms with Gasteiger partial charge in [-0.05, 0) is 30.2 Å². The minimum atomic E-state index is -3.70. The lowest BCUT2D eigenvalue weighted by molar-refractivity contribution is 0.321. The molecule has 0 spiro atoms. The predicted octanol–water partition coefficient (Wildman–Crippen LogP) is 4.76. The molecule has 0 aliphatic heterocycles. The summed E-state index contributed by atoms with van der Waals surface area (Å²) >= 11 is 6.11. The summed E-state index contributed by atoms with van der Waals surface area (Å²) in [7, 11) is -3.70. The molecule has 0 aliphatic carbocycles. The molecule has 1 N–H and O–H groups in total. The molecule has 0 unspecified atom stereocenters. The van der Waals surface area contributed by atoms with Crippen molar-refractivity contribution in [2.45, 2.75) is 24.8 Å². The molecule has 26 heavy (non-hydrogen) atoms. The molecule has 0 radical (unpaired) electrons. The minimum absolute atomic E-state index is 0.129. The first-order valence-electron chi connectivity index (χ1n) is 8.40. The van der Waals surface area contributed by atoms with E-state index in [1.165, 1.54) is 0 Å². The first-order chi connectivity index (χ1) is 12.5. The zero-order valence-corrected chi connectivity index (χ0v) is 16.0. The van der Waals surface area contributed by atoms with Crippen molar-refractivity contribution in [3.63, 3.8) is 0 Å². The highest BCUT2D eigenvalue weighted by atomic mass is 35.5. The predicted molar refractivity (Wildman–Crippen MR) is 105 cm³/mol. The van der Waals surface area contributed by atoms with Gasteiger partial charge in [-0.25, -0.2) is 13.1 Å². The van der Waals surface area contributed by atoms with E-state index in [1.54, 1.807) is 30.3 Å². The van der Waals surface area contributed by atoms with Crippen LogP contribution < -0.4 is 9.46 Å². The lowest BCUT2D eigenvalue weighted by atomic mass is 10.1. The van der Waals surface area contributed by atoms with Crippen LogP contribution in [0.15, 0.2) is 65.6 Å². The van der Waals surface area contributed by atoms with Gasteiger partial charge in [0.25, 0.3) is 0 Å². The zero-order valence-electron chi connectivity index (χ0n) is 14.4. The van der Waals surface area contributed by atoms with E-state index in [2.05, 4.69) is 4.72 Å². The average Bonchev–Trinajstić information content (AvgIpc) is 2.65. The third kappa shape index (κ3) is 4.01. The lowest BCUT2D eigenvalue weighted by Crippen LogP contribution is -2.23. The summed E-state index contributed by atoms with van der Waals surface area (Å²) < 4.78 is 34.1. The van der Waals surface area contributed by atoms with E-state index in [4.69, 9.17) is 16.3 Å². The van der Waals surface area contributed by atoms with Crippen LogP contribution in [0.25, 0.3) is 10.8 Å². The molecule has 3 aromatic rings. The second-order valence-electron chi connectivity index (χ2n) is 5.87. The topological polar surface area (TPSA) is 55.4 Å². The van der Waals surface area contributed by atoms with Gasteiger partial charge in [-0.15, -0.1) is 0 Å². The number of halogens is 1. The molecule has 4 nitrogen and oxygen atoms in total. The van der Waals surface area contributed by atoms with Gasteiger partial charge in [0.15, 0.2) is 0 Å². The van der Waals surface area contributed by atoms with Crippen molar-refractivity contribution in [2.75, 3.05) is 6.61 Å². The van der Waals surface area contributed by atoms with Crippen molar-refractivity contribution < 1.29 is 13.2 Å². The van der Waals surface area contributed by atoms with Crippen LogP contribution in [-0.4, -0.2) is 15.0 Å². The van der Waals surface area contributed by atoms with Crippen LogP contribution in [0, 0.1) is 0 Å². The third-order valence-electron chi connectivity index (χ3n) is 4.01. The third-order valence-corrected chi connectivity index (χ3v) is 5.83. The van der Waals surface area contributed by atoms with E-state index in [9.17, 15) is 8.42 Å². The molecule has 0 heterocycles. The normalized spacial score (nSPS) is 11.6. The van der Waals surface area contributed by atoms with Crippen LogP contribution in [0.3, 0.4) is 0 Å². The summed E-state index contributed by atoms with van der Waals surface area (Å²) in [6.45, 7) is 2.74. The summed E-state index contributed by atoms with van der Waals surface area (Å²) in [5, 5.41) is 1.94. The fraction of sp³-hybridized carbons (Fsp3) is 0.200. The Morgan fingerprint density at radius 1 is 0.962 bits per heavy atom. The summed E-state index contributed by atoms with van der Waals surface area (Å²) in [5.41, 5.74) is 0.727. The van der Waals surface area contributed by atoms with Gasteiger partial charge in [0, 0.05) is 22.3 Å². The smallest absolute Gasteiger partial charge is 0.241 e. The van der Waals surface area contributed by atoms with Crippen molar-refractivity contribution in [1.82, 2.24) is 4.72 Å². The Kier molecular flexibility index (Phi) is 5.81. The fourth-order valence-electron chi connectivity index (χ4n) is 2.71. The number of nitrogens with one attached hydrogen (secondary N) is 1. The van der Waals surface area contributed by atoms with Crippen molar-refractivity contribution >= 4 is 32.4 Å². The Balaban J connectivity index is 1.95. The van der Waals surface area contributed by atoms with Gasteiger partial charge >= 0.3 is 0 Å². The summed E-state index contributed by atoms with van der Waals surface area (Å²) in [6.07, 6.45) is 0.883. The second-order valence-corrected chi connectivity index (χ2v) is 8.01. The van der Waals surface area contributed by atoms with E-state index in [1.807, 2.05) is 37.3 Å². The van der Waals surface area contributed by atoms with Crippen LogP contribution in [0.4, 0.5) is 0 Å². The first-order valence-corrected chi connectivity index (χ1v) is 10.3. The maximum atomic E-state index is 12.9. The van der Waals surface area contributed by atoms with Crippen molar-refractivity contribution in [3.05, 3.63) is 71.2 Å². The highest BCUT2D eigenvalue weighted by Crippen LogP contribution is 2.31. The van der Waals surface area contributed by atoms with E-state index in [-0.39, 0.29) is 11.4 Å². The van der Waals surface area contributed by atoms with Crippen molar-refractivity contribution in [1.29, 1.82) is 0 Å². The monoisotopic (exact) mass is 389 g/mol. The maximum Gasteiger partial charge on any atom is 0.241 e. The first kappa shape index (κ1) is 18.7. The Labute approximate surface area is 158 Å². The molecule has 0 amide bonds. The molecule has 0 saturated carbocycles. The summed E-state index contributed by atoms with van der Waals surface area (Å²) in [4.78, 5) is 0.226. The van der Waals surface area contributed by atoms with Crippen LogP contribution in [0.1, 0.15) is 18.9 Å². The van der Waals surface area contributed by atoms with Gasteiger partial charge in [0.05, 0.1) is 11.5 Å². The number of ether oxygens (including phenoxy) is 1. The molecule has 3 rings (SSSR count). The number of fused-ring (bicyclic) bond motifs is 1. The Hall–Kier alpha value is -2.08. The SMILES string of the molecule is CCCOc1ccc(S(=O)(=O)NCc2ccccc2Cl)c2ccccc12. The second kappa shape index (κ2) is 8.08. The number of sulfonamides is 1. The quantitative estimate of drug-likeness (QED) is 0.633. The van der Waals surface area contributed by atoms with E-state index < -0.39 is 10.0 Å². The maximum absolute atomic E-state index is 12.9. The fourth-order valence-corrected chi connectivity index (χ4v) is 4.13. The molecule has 0 fully saturated rings.